The van der Waals surface area contributed by atoms with E-state index in [1.165, 1.54) is 0 Å². The van der Waals surface area contributed by atoms with E-state index >= 15 is 0 Å². The Hall–Kier alpha value is -2.73. The van der Waals surface area contributed by atoms with Crippen molar-refractivity contribution in [3.05, 3.63) is 48.2 Å². The number of fused-ring (bicyclic) bond motifs is 1. The number of benzene rings is 1. The molecule has 1 fully saturated rings. The van der Waals surface area contributed by atoms with Gasteiger partial charge < -0.3 is 10.2 Å². The van der Waals surface area contributed by atoms with E-state index in [2.05, 4.69) is 17.3 Å². The summed E-state index contributed by atoms with van der Waals surface area (Å²) < 4.78 is 1.85. The van der Waals surface area contributed by atoms with Gasteiger partial charge in [0.25, 0.3) is 5.91 Å². The van der Waals surface area contributed by atoms with Crippen molar-refractivity contribution in [1.29, 1.82) is 0 Å². The summed E-state index contributed by atoms with van der Waals surface area (Å²) in [5.41, 5.74) is 3.25. The lowest BCUT2D eigenvalue weighted by molar-refractivity contribution is 0.0658. The summed E-state index contributed by atoms with van der Waals surface area (Å²) in [6, 6.07) is 12.1. The number of carbonyl (C=O) groups is 1. The molecule has 2 aromatic heterocycles. The highest BCUT2D eigenvalue weighted by molar-refractivity contribution is 6.06. The number of pyridine rings is 1. The maximum Gasteiger partial charge on any atom is 0.255 e. The summed E-state index contributed by atoms with van der Waals surface area (Å²) in [6.07, 6.45) is 1.76. The molecule has 1 aliphatic rings. The van der Waals surface area contributed by atoms with Crippen LogP contribution < -0.4 is 5.32 Å². The summed E-state index contributed by atoms with van der Waals surface area (Å²) in [5.74, 6) is 0.0548. The van der Waals surface area contributed by atoms with E-state index < -0.39 is 0 Å². The van der Waals surface area contributed by atoms with Crippen molar-refractivity contribution in [1.82, 2.24) is 25.0 Å². The van der Waals surface area contributed by atoms with Crippen molar-refractivity contribution in [3.63, 3.8) is 0 Å². The quantitative estimate of drug-likeness (QED) is 0.789. The Morgan fingerprint density at radius 1 is 1.31 bits per heavy atom. The zero-order chi connectivity index (χ0) is 18.1. The molecule has 1 atom stereocenters. The summed E-state index contributed by atoms with van der Waals surface area (Å²) in [5, 5.41) is 8.58. The molecule has 0 radical (unpaired) electrons. The predicted molar refractivity (Wildman–Crippen MR) is 102 cm³/mol. The summed E-state index contributed by atoms with van der Waals surface area (Å²) >= 11 is 0. The van der Waals surface area contributed by atoms with Crippen LogP contribution in [0.5, 0.6) is 0 Å². The fourth-order valence-corrected chi connectivity index (χ4v) is 3.51. The lowest BCUT2D eigenvalue weighted by Gasteiger charge is -2.34. The SMILES string of the molecule is CCn1ncc2c(C(=O)N3CCNC[C@H]3C)cc(-c3ccccc3)nc21. The van der Waals surface area contributed by atoms with E-state index in [1.54, 1.807) is 6.20 Å². The lowest BCUT2D eigenvalue weighted by Crippen LogP contribution is -2.52. The van der Waals surface area contributed by atoms with Crippen LogP contribution in [-0.4, -0.2) is 51.2 Å². The zero-order valence-electron chi connectivity index (χ0n) is 15.1. The second kappa shape index (κ2) is 6.88. The average molecular weight is 349 g/mol. The Labute approximate surface area is 152 Å². The minimum atomic E-state index is 0.0548. The molecule has 134 valence electrons. The van der Waals surface area contributed by atoms with Gasteiger partial charge in [-0.25, -0.2) is 9.67 Å². The van der Waals surface area contributed by atoms with Crippen LogP contribution in [0.1, 0.15) is 24.2 Å². The third-order valence-electron chi connectivity index (χ3n) is 4.97. The fraction of sp³-hybridized carbons (Fsp3) is 0.350. The molecular weight excluding hydrogens is 326 g/mol. The molecule has 6 heteroatoms. The average Bonchev–Trinajstić information content (AvgIpc) is 3.11. The Morgan fingerprint density at radius 3 is 2.85 bits per heavy atom. The molecule has 0 unspecified atom stereocenters. The number of hydrogen-bond acceptors (Lipinski definition) is 4. The van der Waals surface area contributed by atoms with E-state index in [1.807, 2.05) is 52.9 Å². The van der Waals surface area contributed by atoms with Crippen molar-refractivity contribution < 1.29 is 4.79 Å². The third-order valence-corrected chi connectivity index (χ3v) is 4.97. The predicted octanol–water partition coefficient (Wildman–Crippen LogP) is 2.55. The molecule has 4 rings (SSSR count). The molecule has 6 nitrogen and oxygen atoms in total. The number of rotatable bonds is 3. The van der Waals surface area contributed by atoms with Crippen LogP contribution in [0.3, 0.4) is 0 Å². The standard InChI is InChI=1S/C20H23N5O/c1-3-25-19-17(13-22-25)16(20(26)24-10-9-21-12-14(24)2)11-18(23-19)15-7-5-4-6-8-15/h4-8,11,13-14,21H,3,9-10,12H2,1-2H3/t14-/m1/s1. The van der Waals surface area contributed by atoms with Crippen LogP contribution in [0, 0.1) is 0 Å². The number of aromatic nitrogens is 3. The smallest absolute Gasteiger partial charge is 0.255 e. The highest BCUT2D eigenvalue weighted by Gasteiger charge is 2.27. The molecule has 0 aliphatic carbocycles. The van der Waals surface area contributed by atoms with Gasteiger partial charge in [0.2, 0.25) is 0 Å². The minimum absolute atomic E-state index is 0.0548. The minimum Gasteiger partial charge on any atom is -0.333 e. The molecule has 3 aromatic rings. The van der Waals surface area contributed by atoms with Gasteiger partial charge in [-0.05, 0) is 19.9 Å². The second-order valence-corrected chi connectivity index (χ2v) is 6.67. The summed E-state index contributed by atoms with van der Waals surface area (Å²) in [6.45, 7) is 7.18. The molecule has 1 amide bonds. The largest absolute Gasteiger partial charge is 0.333 e. The molecule has 0 bridgehead atoms. The van der Waals surface area contributed by atoms with Crippen LogP contribution in [0.25, 0.3) is 22.3 Å². The Morgan fingerprint density at radius 2 is 2.12 bits per heavy atom. The Bertz CT molecular complexity index is 934. The van der Waals surface area contributed by atoms with Crippen LogP contribution in [0.15, 0.2) is 42.6 Å². The van der Waals surface area contributed by atoms with Gasteiger partial charge in [0.1, 0.15) is 0 Å². The van der Waals surface area contributed by atoms with Crippen molar-refractivity contribution in [2.75, 3.05) is 19.6 Å². The van der Waals surface area contributed by atoms with Gasteiger partial charge in [0, 0.05) is 37.8 Å². The fourth-order valence-electron chi connectivity index (χ4n) is 3.51. The Kier molecular flexibility index (Phi) is 4.42. The van der Waals surface area contributed by atoms with Gasteiger partial charge in [-0.3, -0.25) is 4.79 Å². The molecule has 0 saturated carbocycles. The number of carbonyl (C=O) groups excluding carboxylic acids is 1. The highest BCUT2D eigenvalue weighted by atomic mass is 16.2. The Balaban J connectivity index is 1.87. The monoisotopic (exact) mass is 349 g/mol. The van der Waals surface area contributed by atoms with E-state index in [0.29, 0.717) is 18.7 Å². The van der Waals surface area contributed by atoms with Crippen LogP contribution in [0.4, 0.5) is 0 Å². The molecular formula is C20H23N5O. The van der Waals surface area contributed by atoms with Gasteiger partial charge in [-0.2, -0.15) is 5.10 Å². The summed E-state index contributed by atoms with van der Waals surface area (Å²) in [7, 11) is 0. The van der Waals surface area contributed by atoms with Crippen molar-refractivity contribution in [3.8, 4) is 11.3 Å². The molecule has 1 saturated heterocycles. The van der Waals surface area contributed by atoms with E-state index in [0.717, 1.165) is 35.4 Å². The number of nitrogens with one attached hydrogen (secondary N) is 1. The first-order valence-corrected chi connectivity index (χ1v) is 9.12. The third kappa shape index (κ3) is 2.86. The lowest BCUT2D eigenvalue weighted by atomic mass is 10.0. The normalized spacial score (nSPS) is 17.6. The van der Waals surface area contributed by atoms with Gasteiger partial charge in [0.05, 0.1) is 22.8 Å². The number of piperazine rings is 1. The number of amides is 1. The molecule has 3 heterocycles. The van der Waals surface area contributed by atoms with Gasteiger partial charge >= 0.3 is 0 Å². The van der Waals surface area contributed by atoms with Gasteiger partial charge in [-0.15, -0.1) is 0 Å². The highest BCUT2D eigenvalue weighted by Crippen LogP contribution is 2.26. The topological polar surface area (TPSA) is 63.1 Å². The van der Waals surface area contributed by atoms with Crippen molar-refractivity contribution in [2.45, 2.75) is 26.4 Å². The summed E-state index contributed by atoms with van der Waals surface area (Å²) in [4.78, 5) is 20.1. The van der Waals surface area contributed by atoms with E-state index in [-0.39, 0.29) is 11.9 Å². The number of aryl methyl sites for hydroxylation is 1. The van der Waals surface area contributed by atoms with Crippen LogP contribution in [-0.2, 0) is 6.54 Å². The molecule has 0 spiro atoms. The van der Waals surface area contributed by atoms with Crippen molar-refractivity contribution >= 4 is 16.9 Å². The second-order valence-electron chi connectivity index (χ2n) is 6.67. The first kappa shape index (κ1) is 16.7. The maximum absolute atomic E-state index is 13.3. The molecule has 1 aromatic carbocycles. The zero-order valence-corrected chi connectivity index (χ0v) is 15.1. The number of hydrogen-bond donors (Lipinski definition) is 1. The van der Waals surface area contributed by atoms with E-state index in [9.17, 15) is 4.79 Å². The number of nitrogens with zero attached hydrogens (tertiary/aromatic N) is 4. The maximum atomic E-state index is 13.3. The molecule has 1 aliphatic heterocycles. The first-order chi connectivity index (χ1) is 12.7. The van der Waals surface area contributed by atoms with Crippen LogP contribution in [0.2, 0.25) is 0 Å². The van der Waals surface area contributed by atoms with Gasteiger partial charge in [-0.1, -0.05) is 30.3 Å². The first-order valence-electron chi connectivity index (χ1n) is 9.12. The van der Waals surface area contributed by atoms with E-state index in [4.69, 9.17) is 4.98 Å². The van der Waals surface area contributed by atoms with Crippen molar-refractivity contribution in [2.24, 2.45) is 0 Å². The molecule has 1 N–H and O–H groups in total. The van der Waals surface area contributed by atoms with Gasteiger partial charge in [0.15, 0.2) is 5.65 Å². The van der Waals surface area contributed by atoms with Crippen LogP contribution >= 0.6 is 0 Å². The molecule has 26 heavy (non-hydrogen) atoms.